The zero-order valence-electron chi connectivity index (χ0n) is 13.5. The standard InChI is InChI=1S/C18H19FN2O3/c1-3-13-4-6-14(7-5-13)18(23)21-20-17(22)12(2)24-16-10-8-15(19)9-11-16/h4-12H,3H2,1-2H3,(H,20,22)(H,21,23). The van der Waals surface area contributed by atoms with Crippen LogP contribution in [-0.4, -0.2) is 17.9 Å². The third-order valence-electron chi connectivity index (χ3n) is 3.42. The molecule has 24 heavy (non-hydrogen) atoms. The van der Waals surface area contributed by atoms with E-state index in [1.54, 1.807) is 12.1 Å². The van der Waals surface area contributed by atoms with Crippen molar-refractivity contribution in [3.63, 3.8) is 0 Å². The fourth-order valence-corrected chi connectivity index (χ4v) is 1.95. The van der Waals surface area contributed by atoms with Crippen molar-refractivity contribution in [3.8, 4) is 5.75 Å². The van der Waals surface area contributed by atoms with Gasteiger partial charge in [-0.05, 0) is 55.3 Å². The van der Waals surface area contributed by atoms with Crippen molar-refractivity contribution in [2.24, 2.45) is 0 Å². The highest BCUT2D eigenvalue weighted by molar-refractivity contribution is 5.95. The maximum Gasteiger partial charge on any atom is 0.279 e. The van der Waals surface area contributed by atoms with E-state index >= 15 is 0 Å². The average Bonchev–Trinajstić information content (AvgIpc) is 2.61. The summed E-state index contributed by atoms with van der Waals surface area (Å²) >= 11 is 0. The number of hydrogen-bond donors (Lipinski definition) is 2. The van der Waals surface area contributed by atoms with Gasteiger partial charge in [0.05, 0.1) is 0 Å². The lowest BCUT2D eigenvalue weighted by atomic mass is 10.1. The van der Waals surface area contributed by atoms with Gasteiger partial charge in [0.25, 0.3) is 11.8 Å². The van der Waals surface area contributed by atoms with Crippen LogP contribution in [0, 0.1) is 5.82 Å². The highest BCUT2D eigenvalue weighted by Crippen LogP contribution is 2.13. The second kappa shape index (κ2) is 8.10. The molecule has 126 valence electrons. The Morgan fingerprint density at radius 3 is 2.25 bits per heavy atom. The molecule has 0 aliphatic carbocycles. The molecular weight excluding hydrogens is 311 g/mol. The number of hydrogen-bond acceptors (Lipinski definition) is 3. The number of rotatable bonds is 5. The minimum atomic E-state index is -0.849. The Kier molecular flexibility index (Phi) is 5.89. The summed E-state index contributed by atoms with van der Waals surface area (Å²) in [7, 11) is 0. The van der Waals surface area contributed by atoms with Crippen molar-refractivity contribution in [1.82, 2.24) is 10.9 Å². The summed E-state index contributed by atoms with van der Waals surface area (Å²) in [6, 6.07) is 12.4. The third-order valence-corrected chi connectivity index (χ3v) is 3.42. The van der Waals surface area contributed by atoms with Crippen LogP contribution in [0.3, 0.4) is 0 Å². The molecule has 2 amide bonds. The molecule has 0 aliphatic rings. The Labute approximate surface area is 139 Å². The summed E-state index contributed by atoms with van der Waals surface area (Å²) in [6.07, 6.45) is 0.0369. The molecule has 0 saturated carbocycles. The maximum absolute atomic E-state index is 12.8. The zero-order chi connectivity index (χ0) is 17.5. The van der Waals surface area contributed by atoms with Crippen molar-refractivity contribution < 1.29 is 18.7 Å². The van der Waals surface area contributed by atoms with Gasteiger partial charge >= 0.3 is 0 Å². The van der Waals surface area contributed by atoms with Crippen molar-refractivity contribution in [2.45, 2.75) is 26.4 Å². The number of ether oxygens (including phenoxy) is 1. The molecule has 2 N–H and O–H groups in total. The van der Waals surface area contributed by atoms with Crippen LogP contribution in [-0.2, 0) is 11.2 Å². The largest absolute Gasteiger partial charge is 0.481 e. The summed E-state index contributed by atoms with van der Waals surface area (Å²) < 4.78 is 18.2. The number of amides is 2. The molecule has 0 fully saturated rings. The Morgan fingerprint density at radius 1 is 1.04 bits per heavy atom. The van der Waals surface area contributed by atoms with Crippen LogP contribution >= 0.6 is 0 Å². The van der Waals surface area contributed by atoms with Crippen LogP contribution in [0.25, 0.3) is 0 Å². The Hall–Kier alpha value is -2.89. The van der Waals surface area contributed by atoms with Gasteiger partial charge in [-0.2, -0.15) is 0 Å². The summed E-state index contributed by atoms with van der Waals surface area (Å²) in [5, 5.41) is 0. The lowest BCUT2D eigenvalue weighted by Gasteiger charge is -2.15. The number of carbonyl (C=O) groups is 2. The van der Waals surface area contributed by atoms with E-state index in [1.807, 2.05) is 19.1 Å². The van der Waals surface area contributed by atoms with Crippen LogP contribution < -0.4 is 15.6 Å². The second-order valence-electron chi connectivity index (χ2n) is 5.21. The molecule has 0 saturated heterocycles. The first-order valence-electron chi connectivity index (χ1n) is 7.61. The lowest BCUT2D eigenvalue weighted by Crippen LogP contribution is -2.47. The first-order chi connectivity index (χ1) is 11.5. The molecule has 0 radical (unpaired) electrons. The van der Waals surface area contributed by atoms with Crippen molar-refractivity contribution in [1.29, 1.82) is 0 Å². The molecule has 2 rings (SSSR count). The number of aryl methyl sites for hydroxylation is 1. The predicted octanol–water partition coefficient (Wildman–Crippen LogP) is 2.62. The van der Waals surface area contributed by atoms with E-state index < -0.39 is 17.9 Å². The molecule has 0 spiro atoms. The molecule has 5 nitrogen and oxygen atoms in total. The predicted molar refractivity (Wildman–Crippen MR) is 87.9 cm³/mol. The monoisotopic (exact) mass is 330 g/mol. The van der Waals surface area contributed by atoms with Gasteiger partial charge in [-0.3, -0.25) is 20.4 Å². The normalized spacial score (nSPS) is 11.5. The van der Waals surface area contributed by atoms with Crippen LogP contribution in [0.1, 0.15) is 29.8 Å². The van der Waals surface area contributed by atoms with E-state index in [-0.39, 0.29) is 5.82 Å². The van der Waals surface area contributed by atoms with Gasteiger partial charge in [-0.25, -0.2) is 4.39 Å². The molecule has 0 aromatic heterocycles. The van der Waals surface area contributed by atoms with Gasteiger partial charge in [0.15, 0.2) is 6.10 Å². The summed E-state index contributed by atoms with van der Waals surface area (Å²) in [5.41, 5.74) is 6.20. The third kappa shape index (κ3) is 4.81. The molecule has 1 unspecified atom stereocenters. The van der Waals surface area contributed by atoms with Gasteiger partial charge in [-0.1, -0.05) is 19.1 Å². The average molecular weight is 330 g/mol. The SMILES string of the molecule is CCc1ccc(C(=O)NNC(=O)C(C)Oc2ccc(F)cc2)cc1. The zero-order valence-corrected chi connectivity index (χ0v) is 13.5. The molecule has 2 aromatic rings. The summed E-state index contributed by atoms with van der Waals surface area (Å²) in [4.78, 5) is 23.9. The maximum atomic E-state index is 12.8. The van der Waals surface area contributed by atoms with Gasteiger partial charge in [0, 0.05) is 5.56 Å². The number of halogens is 1. The minimum Gasteiger partial charge on any atom is -0.481 e. The van der Waals surface area contributed by atoms with E-state index in [0.29, 0.717) is 11.3 Å². The fourth-order valence-electron chi connectivity index (χ4n) is 1.95. The fraction of sp³-hybridized carbons (Fsp3) is 0.222. The minimum absolute atomic E-state index is 0.362. The van der Waals surface area contributed by atoms with Gasteiger partial charge in [-0.15, -0.1) is 0 Å². The van der Waals surface area contributed by atoms with E-state index in [0.717, 1.165) is 12.0 Å². The Bertz CT molecular complexity index is 699. The summed E-state index contributed by atoms with van der Waals surface area (Å²) in [5.74, 6) is -0.959. The van der Waals surface area contributed by atoms with E-state index in [9.17, 15) is 14.0 Å². The van der Waals surface area contributed by atoms with Crippen molar-refractivity contribution >= 4 is 11.8 Å². The smallest absolute Gasteiger partial charge is 0.279 e. The highest BCUT2D eigenvalue weighted by atomic mass is 19.1. The Balaban J connectivity index is 1.84. The first-order valence-corrected chi connectivity index (χ1v) is 7.61. The van der Waals surface area contributed by atoms with Crippen LogP contribution in [0.15, 0.2) is 48.5 Å². The number of nitrogens with one attached hydrogen (secondary N) is 2. The number of hydrazine groups is 1. The molecule has 6 heteroatoms. The van der Waals surface area contributed by atoms with Gasteiger partial charge < -0.3 is 4.74 Å². The summed E-state index contributed by atoms with van der Waals surface area (Å²) in [6.45, 7) is 3.55. The van der Waals surface area contributed by atoms with E-state index in [4.69, 9.17) is 4.74 Å². The van der Waals surface area contributed by atoms with Crippen LogP contribution in [0.5, 0.6) is 5.75 Å². The molecule has 2 aromatic carbocycles. The first kappa shape index (κ1) is 17.5. The van der Waals surface area contributed by atoms with Gasteiger partial charge in [0.1, 0.15) is 11.6 Å². The molecule has 1 atom stereocenters. The molecule has 0 heterocycles. The molecule has 0 aliphatic heterocycles. The van der Waals surface area contributed by atoms with Crippen LogP contribution in [0.4, 0.5) is 4.39 Å². The van der Waals surface area contributed by atoms with Gasteiger partial charge in [0.2, 0.25) is 0 Å². The molecule has 0 bridgehead atoms. The second-order valence-corrected chi connectivity index (χ2v) is 5.21. The highest BCUT2D eigenvalue weighted by Gasteiger charge is 2.16. The Morgan fingerprint density at radius 2 is 1.67 bits per heavy atom. The van der Waals surface area contributed by atoms with Crippen molar-refractivity contribution in [2.75, 3.05) is 0 Å². The van der Waals surface area contributed by atoms with Crippen molar-refractivity contribution in [3.05, 3.63) is 65.5 Å². The quantitative estimate of drug-likeness (QED) is 0.828. The molecular formula is C18H19FN2O3. The number of benzene rings is 2. The topological polar surface area (TPSA) is 67.4 Å². The van der Waals surface area contributed by atoms with E-state index in [1.165, 1.54) is 31.2 Å². The van der Waals surface area contributed by atoms with E-state index in [2.05, 4.69) is 10.9 Å². The number of carbonyl (C=O) groups excluding carboxylic acids is 2. The lowest BCUT2D eigenvalue weighted by molar-refractivity contribution is -0.128. The van der Waals surface area contributed by atoms with Crippen LogP contribution in [0.2, 0.25) is 0 Å².